The summed E-state index contributed by atoms with van der Waals surface area (Å²) in [6.07, 6.45) is -1.66. The van der Waals surface area contributed by atoms with Crippen molar-refractivity contribution in [1.82, 2.24) is 4.98 Å². The van der Waals surface area contributed by atoms with E-state index in [9.17, 15) is 13.6 Å². The second kappa shape index (κ2) is 3.22. The monoisotopic (exact) mass is 238 g/mol. The Kier molecular flexibility index (Phi) is 2.46. The fourth-order valence-corrected chi connectivity index (χ4v) is 1.20. The third-order valence-electron chi connectivity index (χ3n) is 1.31. The quantitative estimate of drug-likeness (QED) is 0.782. The summed E-state index contributed by atoms with van der Waals surface area (Å²) in [6, 6.07) is 0. The first-order chi connectivity index (χ1) is 5.54. The van der Waals surface area contributed by atoms with Gasteiger partial charge in [0.05, 0.1) is 15.7 Å². The lowest BCUT2D eigenvalue weighted by molar-refractivity contribution is 0.149. The second-order valence-electron chi connectivity index (χ2n) is 2.10. The zero-order valence-electron chi connectivity index (χ0n) is 5.77. The largest absolute Gasteiger partial charge is 0.397 e. The fraction of sp³-hybridized carbons (Fsp3) is 0.167. The van der Waals surface area contributed by atoms with Gasteiger partial charge in [-0.15, -0.1) is 0 Å². The molecule has 66 valence electrons. The number of hydrogen-bond acceptors (Lipinski definition) is 2. The molecule has 0 radical (unpaired) electrons. The summed E-state index contributed by atoms with van der Waals surface area (Å²) in [6.45, 7) is 0. The van der Waals surface area contributed by atoms with Gasteiger partial charge < -0.3 is 10.7 Å². The lowest BCUT2D eigenvalue weighted by Gasteiger charge is -2.03. The van der Waals surface area contributed by atoms with Crippen LogP contribution in [0, 0.1) is 0 Å². The van der Waals surface area contributed by atoms with E-state index in [-0.39, 0.29) is 10.2 Å². The average molecular weight is 239 g/mol. The van der Waals surface area contributed by atoms with Crippen LogP contribution in [0.25, 0.3) is 0 Å². The van der Waals surface area contributed by atoms with Crippen LogP contribution in [0.2, 0.25) is 0 Å². The molecule has 12 heavy (non-hydrogen) atoms. The molecular weight excluding hydrogens is 234 g/mol. The van der Waals surface area contributed by atoms with Gasteiger partial charge in [-0.25, -0.2) is 8.78 Å². The molecule has 0 bridgehead atoms. The van der Waals surface area contributed by atoms with Gasteiger partial charge in [-0.3, -0.25) is 4.79 Å². The highest BCUT2D eigenvalue weighted by Gasteiger charge is 2.17. The van der Waals surface area contributed by atoms with Crippen molar-refractivity contribution in [2.24, 2.45) is 0 Å². The molecule has 1 aromatic rings. The molecule has 0 aromatic carbocycles. The van der Waals surface area contributed by atoms with E-state index in [1.165, 1.54) is 0 Å². The van der Waals surface area contributed by atoms with Gasteiger partial charge in [0.1, 0.15) is 0 Å². The Balaban J connectivity index is 3.43. The SMILES string of the molecule is Nc1c[nH]c(=O)c(C(F)F)c1Br. The molecule has 0 fully saturated rings. The zero-order valence-corrected chi connectivity index (χ0v) is 7.36. The summed E-state index contributed by atoms with van der Waals surface area (Å²) in [5.41, 5.74) is 3.91. The third-order valence-corrected chi connectivity index (χ3v) is 2.20. The van der Waals surface area contributed by atoms with E-state index in [0.717, 1.165) is 6.20 Å². The molecule has 0 spiro atoms. The van der Waals surface area contributed by atoms with Crippen LogP contribution in [0.1, 0.15) is 12.0 Å². The molecule has 6 heteroatoms. The molecule has 0 atom stereocenters. The van der Waals surface area contributed by atoms with Crippen molar-refractivity contribution >= 4 is 21.6 Å². The minimum absolute atomic E-state index is 0.0405. The molecule has 3 N–H and O–H groups in total. The summed E-state index contributed by atoms with van der Waals surface area (Å²) in [5.74, 6) is 0. The molecule has 0 aliphatic carbocycles. The van der Waals surface area contributed by atoms with Gasteiger partial charge in [0.2, 0.25) is 0 Å². The molecule has 0 aliphatic rings. The lowest BCUT2D eigenvalue weighted by atomic mass is 10.3. The summed E-state index contributed by atoms with van der Waals surface area (Å²) in [7, 11) is 0. The van der Waals surface area contributed by atoms with Crippen LogP contribution >= 0.6 is 15.9 Å². The van der Waals surface area contributed by atoms with E-state index >= 15 is 0 Å². The smallest absolute Gasteiger partial charge is 0.270 e. The van der Waals surface area contributed by atoms with Crippen LogP contribution in [0.15, 0.2) is 15.5 Å². The molecule has 0 unspecified atom stereocenters. The minimum Gasteiger partial charge on any atom is -0.397 e. The maximum atomic E-state index is 12.2. The molecule has 0 aliphatic heterocycles. The Labute approximate surface area is 74.7 Å². The Morgan fingerprint density at radius 1 is 1.58 bits per heavy atom. The van der Waals surface area contributed by atoms with Gasteiger partial charge in [0.25, 0.3) is 12.0 Å². The van der Waals surface area contributed by atoms with Crippen molar-refractivity contribution in [3.8, 4) is 0 Å². The van der Waals surface area contributed by atoms with Crippen molar-refractivity contribution in [2.45, 2.75) is 6.43 Å². The standard InChI is InChI=1S/C6H5BrF2N2O/c7-4-2(10)1-11-6(12)3(4)5(8)9/h1,5H,10H2,(H,11,12). The zero-order chi connectivity index (χ0) is 9.30. The number of alkyl halides is 2. The van der Waals surface area contributed by atoms with E-state index < -0.39 is 17.5 Å². The van der Waals surface area contributed by atoms with Crippen LogP contribution in [-0.4, -0.2) is 4.98 Å². The number of hydrogen-bond donors (Lipinski definition) is 2. The van der Waals surface area contributed by atoms with E-state index in [1.807, 2.05) is 0 Å². The number of rotatable bonds is 1. The number of aromatic nitrogens is 1. The molecule has 1 rings (SSSR count). The first-order valence-corrected chi connectivity index (χ1v) is 3.78. The van der Waals surface area contributed by atoms with Crippen LogP contribution in [0.4, 0.5) is 14.5 Å². The molecule has 3 nitrogen and oxygen atoms in total. The molecule has 0 saturated heterocycles. The van der Waals surface area contributed by atoms with E-state index in [1.54, 1.807) is 0 Å². The van der Waals surface area contributed by atoms with Gasteiger partial charge in [-0.1, -0.05) is 0 Å². The summed E-state index contributed by atoms with van der Waals surface area (Å²) >= 11 is 2.81. The van der Waals surface area contributed by atoms with Gasteiger partial charge >= 0.3 is 0 Å². The van der Waals surface area contributed by atoms with Crippen molar-refractivity contribution in [1.29, 1.82) is 0 Å². The third kappa shape index (κ3) is 1.47. The Bertz CT molecular complexity index is 350. The predicted molar refractivity (Wildman–Crippen MR) is 44.1 cm³/mol. The number of aromatic amines is 1. The predicted octanol–water partition coefficient (Wildman–Crippen LogP) is 1.66. The number of anilines is 1. The second-order valence-corrected chi connectivity index (χ2v) is 2.89. The number of nitrogens with one attached hydrogen (secondary N) is 1. The summed E-state index contributed by atoms with van der Waals surface area (Å²) in [4.78, 5) is 12.9. The van der Waals surface area contributed by atoms with Crippen molar-refractivity contribution in [3.05, 3.63) is 26.6 Å². The maximum Gasteiger partial charge on any atom is 0.270 e. The number of nitrogen functional groups attached to an aromatic ring is 1. The first kappa shape index (κ1) is 9.18. The van der Waals surface area contributed by atoms with Crippen LogP contribution in [0.5, 0.6) is 0 Å². The molecule has 0 saturated carbocycles. The van der Waals surface area contributed by atoms with Gasteiger partial charge in [0.15, 0.2) is 0 Å². The first-order valence-electron chi connectivity index (χ1n) is 2.98. The van der Waals surface area contributed by atoms with Crippen LogP contribution in [-0.2, 0) is 0 Å². The average Bonchev–Trinajstić information content (AvgIpc) is 1.97. The highest BCUT2D eigenvalue weighted by molar-refractivity contribution is 9.10. The summed E-state index contributed by atoms with van der Waals surface area (Å²) in [5, 5.41) is 0. The number of halogens is 3. The topological polar surface area (TPSA) is 58.9 Å². The molecule has 1 aromatic heterocycles. The van der Waals surface area contributed by atoms with Gasteiger partial charge in [-0.2, -0.15) is 0 Å². The Morgan fingerprint density at radius 3 is 2.58 bits per heavy atom. The van der Waals surface area contributed by atoms with E-state index in [2.05, 4.69) is 20.9 Å². The normalized spacial score (nSPS) is 10.7. The maximum absolute atomic E-state index is 12.2. The van der Waals surface area contributed by atoms with E-state index in [0.29, 0.717) is 0 Å². The van der Waals surface area contributed by atoms with Crippen molar-refractivity contribution in [3.63, 3.8) is 0 Å². The Morgan fingerprint density at radius 2 is 2.17 bits per heavy atom. The highest BCUT2D eigenvalue weighted by Crippen LogP contribution is 2.27. The van der Waals surface area contributed by atoms with Crippen LogP contribution < -0.4 is 11.3 Å². The molecular formula is C6H5BrF2N2O. The van der Waals surface area contributed by atoms with E-state index in [4.69, 9.17) is 5.73 Å². The fourth-order valence-electron chi connectivity index (χ4n) is 0.734. The minimum atomic E-state index is -2.83. The lowest BCUT2D eigenvalue weighted by Crippen LogP contribution is -2.14. The van der Waals surface area contributed by atoms with Crippen molar-refractivity contribution in [2.75, 3.05) is 5.73 Å². The number of H-pyrrole nitrogens is 1. The Hall–Kier alpha value is -0.910. The van der Waals surface area contributed by atoms with Crippen molar-refractivity contribution < 1.29 is 8.78 Å². The van der Waals surface area contributed by atoms with Crippen LogP contribution in [0.3, 0.4) is 0 Å². The number of nitrogens with two attached hydrogens (primary N) is 1. The van der Waals surface area contributed by atoms with Gasteiger partial charge in [0, 0.05) is 6.20 Å². The molecule has 1 heterocycles. The number of pyridine rings is 1. The summed E-state index contributed by atoms with van der Waals surface area (Å²) < 4.78 is 24.3. The highest BCUT2D eigenvalue weighted by atomic mass is 79.9. The van der Waals surface area contributed by atoms with Gasteiger partial charge in [-0.05, 0) is 15.9 Å². The molecule has 0 amide bonds.